The monoisotopic (exact) mass is 274 g/mol. The van der Waals surface area contributed by atoms with Crippen molar-refractivity contribution in [3.05, 3.63) is 46.3 Å². The van der Waals surface area contributed by atoms with E-state index in [-0.39, 0.29) is 5.97 Å². The Bertz CT molecular complexity index is 513. The van der Waals surface area contributed by atoms with Gasteiger partial charge in [0.05, 0.1) is 6.61 Å². The lowest BCUT2D eigenvalue weighted by molar-refractivity contribution is -0.148. The Hall–Kier alpha value is -2.04. The van der Waals surface area contributed by atoms with E-state index in [1.807, 2.05) is 42.3 Å². The predicted octanol–water partition coefficient (Wildman–Crippen LogP) is 2.50. The Morgan fingerprint density at radius 2 is 2.20 bits per heavy atom. The van der Waals surface area contributed by atoms with Crippen LogP contribution in [0.4, 0.5) is 0 Å². The highest BCUT2D eigenvalue weighted by Crippen LogP contribution is 2.31. The van der Waals surface area contributed by atoms with Crippen LogP contribution in [0, 0.1) is 0 Å². The van der Waals surface area contributed by atoms with Gasteiger partial charge < -0.3 is 4.74 Å². The number of hydrogen-bond acceptors (Lipinski definition) is 4. The number of rotatable bonds is 6. The molecule has 6 nitrogen and oxygen atoms in total. The Balaban J connectivity index is 2.14. The molecule has 0 aromatic heterocycles. The van der Waals surface area contributed by atoms with Crippen LogP contribution in [-0.2, 0) is 16.1 Å². The van der Waals surface area contributed by atoms with Crippen LogP contribution in [0.1, 0.15) is 18.4 Å². The van der Waals surface area contributed by atoms with Gasteiger partial charge in [-0.3, -0.25) is 9.69 Å². The normalized spacial score (nSPS) is 21.6. The van der Waals surface area contributed by atoms with Gasteiger partial charge >= 0.3 is 5.97 Å². The average Bonchev–Trinajstić information content (AvgIpc) is 2.83. The lowest BCUT2D eigenvalue weighted by Crippen LogP contribution is -2.50. The van der Waals surface area contributed by atoms with Gasteiger partial charge in [-0.15, -0.1) is 0 Å². The Labute approximate surface area is 118 Å². The average molecular weight is 274 g/mol. The van der Waals surface area contributed by atoms with Crippen molar-refractivity contribution < 1.29 is 9.53 Å². The second-order valence-corrected chi connectivity index (χ2v) is 4.96. The van der Waals surface area contributed by atoms with Crippen LogP contribution in [-0.4, -0.2) is 36.6 Å². The van der Waals surface area contributed by atoms with E-state index in [1.165, 1.54) is 0 Å². The summed E-state index contributed by atoms with van der Waals surface area (Å²) in [6.07, 6.45) is 1.12. The maximum atomic E-state index is 12.1. The van der Waals surface area contributed by atoms with Gasteiger partial charge in [0.15, 0.2) is 0 Å². The SMILES string of the molecule is CN(Cc1ccccc1)C1(CCN=[N+]=[N-])CCOC1=O. The molecular weight excluding hydrogens is 256 g/mol. The molecule has 0 spiro atoms. The Morgan fingerprint density at radius 1 is 1.45 bits per heavy atom. The molecule has 1 aliphatic heterocycles. The van der Waals surface area contributed by atoms with Crippen molar-refractivity contribution in [1.82, 2.24) is 4.90 Å². The van der Waals surface area contributed by atoms with Crippen LogP contribution in [0.5, 0.6) is 0 Å². The predicted molar refractivity (Wildman–Crippen MR) is 74.8 cm³/mol. The number of hydrogen-bond donors (Lipinski definition) is 0. The van der Waals surface area contributed by atoms with E-state index in [2.05, 4.69) is 10.0 Å². The van der Waals surface area contributed by atoms with Crippen molar-refractivity contribution in [1.29, 1.82) is 0 Å². The number of nitrogens with zero attached hydrogens (tertiary/aromatic N) is 4. The highest BCUT2D eigenvalue weighted by Gasteiger charge is 2.47. The molecule has 0 bridgehead atoms. The molecule has 1 atom stereocenters. The van der Waals surface area contributed by atoms with Gasteiger partial charge in [0.25, 0.3) is 0 Å². The van der Waals surface area contributed by atoms with Crippen LogP contribution < -0.4 is 0 Å². The number of likely N-dealkylation sites (N-methyl/N-ethyl adjacent to an activating group) is 1. The zero-order chi connectivity index (χ0) is 14.4. The fraction of sp³-hybridized carbons (Fsp3) is 0.500. The Morgan fingerprint density at radius 3 is 2.80 bits per heavy atom. The highest BCUT2D eigenvalue weighted by atomic mass is 16.5. The van der Waals surface area contributed by atoms with E-state index in [0.717, 1.165) is 5.56 Å². The fourth-order valence-electron chi connectivity index (χ4n) is 2.60. The minimum atomic E-state index is -0.677. The molecule has 106 valence electrons. The van der Waals surface area contributed by atoms with E-state index < -0.39 is 5.54 Å². The van der Waals surface area contributed by atoms with Gasteiger partial charge in [-0.25, -0.2) is 0 Å². The molecule has 0 saturated carbocycles. The number of benzene rings is 1. The molecule has 6 heteroatoms. The number of carbonyl (C=O) groups excluding carboxylic acids is 1. The van der Waals surface area contributed by atoms with Crippen LogP contribution in [0.25, 0.3) is 10.4 Å². The zero-order valence-electron chi connectivity index (χ0n) is 11.5. The first-order chi connectivity index (χ1) is 9.69. The third-order valence-corrected chi connectivity index (χ3v) is 3.81. The first-order valence-corrected chi connectivity index (χ1v) is 6.62. The highest BCUT2D eigenvalue weighted by molar-refractivity contribution is 5.82. The molecule has 1 aromatic carbocycles. The molecule has 0 N–H and O–H groups in total. The Kier molecular flexibility index (Phi) is 4.61. The summed E-state index contributed by atoms with van der Waals surface area (Å²) in [4.78, 5) is 16.9. The van der Waals surface area contributed by atoms with Crippen molar-refractivity contribution in [2.45, 2.75) is 24.9 Å². The topological polar surface area (TPSA) is 78.3 Å². The summed E-state index contributed by atoms with van der Waals surface area (Å²) < 4.78 is 5.14. The molecule has 2 rings (SSSR count). The van der Waals surface area contributed by atoms with Crippen LogP contribution >= 0.6 is 0 Å². The lowest BCUT2D eigenvalue weighted by atomic mass is 9.91. The van der Waals surface area contributed by atoms with E-state index in [4.69, 9.17) is 10.3 Å². The maximum Gasteiger partial charge on any atom is 0.326 e. The number of esters is 1. The summed E-state index contributed by atoms with van der Waals surface area (Å²) >= 11 is 0. The van der Waals surface area contributed by atoms with Gasteiger partial charge in [-0.1, -0.05) is 35.4 Å². The van der Waals surface area contributed by atoms with Crippen LogP contribution in [0.15, 0.2) is 35.4 Å². The molecule has 20 heavy (non-hydrogen) atoms. The quantitative estimate of drug-likeness (QED) is 0.346. The van der Waals surface area contributed by atoms with Crippen molar-refractivity contribution in [2.24, 2.45) is 5.11 Å². The van der Waals surface area contributed by atoms with Crippen molar-refractivity contribution in [2.75, 3.05) is 20.2 Å². The van der Waals surface area contributed by atoms with Gasteiger partial charge in [0.1, 0.15) is 5.54 Å². The first kappa shape index (κ1) is 14.4. The number of ether oxygens (including phenoxy) is 1. The standard InChI is InChI=1S/C14H18N4O2/c1-18(11-12-5-3-2-4-6-12)14(7-9-16-17-15)8-10-20-13(14)19/h2-6H,7-11H2,1H3. The summed E-state index contributed by atoms with van der Waals surface area (Å²) in [5.41, 5.74) is 8.85. The zero-order valence-corrected chi connectivity index (χ0v) is 11.5. The molecule has 1 aliphatic rings. The van der Waals surface area contributed by atoms with E-state index in [1.54, 1.807) is 0 Å². The van der Waals surface area contributed by atoms with Crippen molar-refractivity contribution >= 4 is 5.97 Å². The molecule has 1 heterocycles. The smallest absolute Gasteiger partial charge is 0.326 e. The van der Waals surface area contributed by atoms with Crippen LogP contribution in [0.3, 0.4) is 0 Å². The van der Waals surface area contributed by atoms with E-state index in [0.29, 0.717) is 32.5 Å². The second kappa shape index (κ2) is 6.41. The molecule has 0 amide bonds. The second-order valence-electron chi connectivity index (χ2n) is 4.96. The van der Waals surface area contributed by atoms with Gasteiger partial charge in [-0.05, 0) is 24.6 Å². The maximum absolute atomic E-state index is 12.1. The third-order valence-electron chi connectivity index (χ3n) is 3.81. The lowest BCUT2D eigenvalue weighted by Gasteiger charge is -2.34. The summed E-state index contributed by atoms with van der Waals surface area (Å²) in [7, 11) is 1.91. The van der Waals surface area contributed by atoms with Gasteiger partial charge in [0.2, 0.25) is 0 Å². The van der Waals surface area contributed by atoms with Gasteiger partial charge in [0, 0.05) is 24.4 Å². The number of cyclic esters (lactones) is 1. The molecule has 1 fully saturated rings. The van der Waals surface area contributed by atoms with Crippen molar-refractivity contribution in [3.8, 4) is 0 Å². The molecule has 0 aliphatic carbocycles. The summed E-state index contributed by atoms with van der Waals surface area (Å²) in [6, 6.07) is 9.96. The van der Waals surface area contributed by atoms with E-state index >= 15 is 0 Å². The molecule has 0 radical (unpaired) electrons. The number of azide groups is 1. The summed E-state index contributed by atoms with van der Waals surface area (Å²) in [6.45, 7) is 1.38. The molecule has 1 unspecified atom stereocenters. The largest absolute Gasteiger partial charge is 0.464 e. The minimum absolute atomic E-state index is 0.218. The minimum Gasteiger partial charge on any atom is -0.464 e. The van der Waals surface area contributed by atoms with Gasteiger partial charge in [-0.2, -0.15) is 0 Å². The van der Waals surface area contributed by atoms with Crippen molar-refractivity contribution in [3.63, 3.8) is 0 Å². The summed E-state index contributed by atoms with van der Waals surface area (Å²) in [5, 5.41) is 3.55. The molecular formula is C14H18N4O2. The third kappa shape index (κ3) is 2.92. The van der Waals surface area contributed by atoms with E-state index in [9.17, 15) is 4.79 Å². The first-order valence-electron chi connectivity index (χ1n) is 6.62. The summed E-state index contributed by atoms with van der Waals surface area (Å²) in [5.74, 6) is -0.218. The van der Waals surface area contributed by atoms with Crippen LogP contribution in [0.2, 0.25) is 0 Å². The number of carbonyl (C=O) groups is 1. The molecule has 1 saturated heterocycles. The fourth-order valence-corrected chi connectivity index (χ4v) is 2.60. The molecule has 1 aromatic rings.